The fourth-order valence-electron chi connectivity index (χ4n) is 3.11. The average molecular weight is 428 g/mol. The van der Waals surface area contributed by atoms with Crippen LogP contribution < -0.4 is 10.1 Å². The largest absolute Gasteiger partial charge is 0.497 e. The van der Waals surface area contributed by atoms with E-state index in [1.54, 1.807) is 12.1 Å². The second-order valence-corrected chi connectivity index (χ2v) is 8.50. The van der Waals surface area contributed by atoms with Crippen molar-refractivity contribution < 1.29 is 31.1 Å². The molecule has 2 aromatic rings. The van der Waals surface area contributed by atoms with Crippen LogP contribution in [-0.2, 0) is 14.8 Å². The zero-order valence-corrected chi connectivity index (χ0v) is 16.3. The van der Waals surface area contributed by atoms with E-state index < -0.39 is 45.0 Å². The molecule has 0 radical (unpaired) electrons. The molecule has 6 nitrogen and oxygen atoms in total. The summed E-state index contributed by atoms with van der Waals surface area (Å²) >= 11 is 0. The van der Waals surface area contributed by atoms with E-state index in [0.29, 0.717) is 5.75 Å². The van der Waals surface area contributed by atoms with Gasteiger partial charge in [-0.25, -0.2) is 21.6 Å². The number of carbonyl (C=O) groups is 1. The Morgan fingerprint density at radius 1 is 1.03 bits per heavy atom. The molecule has 1 N–H and O–H groups in total. The molecule has 156 valence electrons. The lowest BCUT2D eigenvalue weighted by Gasteiger charge is -2.30. The van der Waals surface area contributed by atoms with Crippen molar-refractivity contribution in [3.05, 3.63) is 53.8 Å². The van der Waals surface area contributed by atoms with Gasteiger partial charge >= 0.3 is 0 Å². The maximum absolute atomic E-state index is 13.7. The highest BCUT2D eigenvalue weighted by molar-refractivity contribution is 7.89. The van der Waals surface area contributed by atoms with Crippen LogP contribution >= 0.6 is 0 Å². The first-order chi connectivity index (χ1) is 13.7. The van der Waals surface area contributed by atoms with Gasteiger partial charge in [0.15, 0.2) is 17.5 Å². The SMILES string of the molecule is COc1ccc(S(=O)(=O)N2CCC(C(=O)Nc3ccc(F)c(F)c3F)CC2)cc1. The fourth-order valence-corrected chi connectivity index (χ4v) is 4.58. The molecule has 0 aliphatic carbocycles. The summed E-state index contributed by atoms with van der Waals surface area (Å²) in [6.07, 6.45) is 0.430. The molecule has 2 aromatic carbocycles. The number of carbonyl (C=O) groups excluding carboxylic acids is 1. The minimum atomic E-state index is -3.72. The molecule has 1 saturated heterocycles. The van der Waals surface area contributed by atoms with Gasteiger partial charge in [-0.05, 0) is 49.2 Å². The third-order valence-corrected chi connectivity index (χ3v) is 6.73. The summed E-state index contributed by atoms with van der Waals surface area (Å²) in [5, 5.41) is 2.24. The van der Waals surface area contributed by atoms with Gasteiger partial charge in [0.05, 0.1) is 17.7 Å². The fraction of sp³-hybridized carbons (Fsp3) is 0.316. The van der Waals surface area contributed by atoms with E-state index in [-0.39, 0.29) is 30.8 Å². The Bertz CT molecular complexity index is 1000. The smallest absolute Gasteiger partial charge is 0.243 e. The maximum atomic E-state index is 13.7. The predicted molar refractivity (Wildman–Crippen MR) is 99.4 cm³/mol. The zero-order chi connectivity index (χ0) is 21.2. The van der Waals surface area contributed by atoms with Gasteiger partial charge in [-0.3, -0.25) is 4.79 Å². The summed E-state index contributed by atoms with van der Waals surface area (Å²) in [7, 11) is -2.24. The number of hydrogen-bond acceptors (Lipinski definition) is 4. The van der Waals surface area contributed by atoms with E-state index in [9.17, 15) is 26.4 Å². The molecule has 1 fully saturated rings. The van der Waals surface area contributed by atoms with Crippen molar-refractivity contribution in [2.45, 2.75) is 17.7 Å². The molecule has 0 atom stereocenters. The van der Waals surface area contributed by atoms with Crippen LogP contribution in [0.1, 0.15) is 12.8 Å². The lowest BCUT2D eigenvalue weighted by molar-refractivity contribution is -0.120. The summed E-state index contributed by atoms with van der Waals surface area (Å²) in [5.74, 6) is -5.11. The molecule has 29 heavy (non-hydrogen) atoms. The first kappa shape index (κ1) is 21.1. The Labute approximate surface area is 166 Å². The zero-order valence-electron chi connectivity index (χ0n) is 15.5. The Morgan fingerprint density at radius 2 is 1.66 bits per heavy atom. The summed E-state index contributed by atoms with van der Waals surface area (Å²) in [5.41, 5.74) is -0.456. The summed E-state index contributed by atoms with van der Waals surface area (Å²) < 4.78 is 71.8. The second-order valence-electron chi connectivity index (χ2n) is 6.57. The van der Waals surface area contributed by atoms with Crippen LogP contribution in [0.15, 0.2) is 41.3 Å². The maximum Gasteiger partial charge on any atom is 0.243 e. The Kier molecular flexibility index (Phi) is 6.13. The van der Waals surface area contributed by atoms with E-state index >= 15 is 0 Å². The number of methoxy groups -OCH3 is 1. The van der Waals surface area contributed by atoms with Crippen LogP contribution in [0.3, 0.4) is 0 Å². The molecular formula is C19H19F3N2O4S. The van der Waals surface area contributed by atoms with Gasteiger partial charge in [0, 0.05) is 19.0 Å². The minimum Gasteiger partial charge on any atom is -0.497 e. The van der Waals surface area contributed by atoms with Crippen molar-refractivity contribution in [3.63, 3.8) is 0 Å². The summed E-state index contributed by atoms with van der Waals surface area (Å²) in [4.78, 5) is 12.5. The third kappa shape index (κ3) is 4.38. The van der Waals surface area contributed by atoms with Gasteiger partial charge in [0.25, 0.3) is 0 Å². The summed E-state index contributed by atoms with van der Waals surface area (Å²) in [6.45, 7) is 0.208. The minimum absolute atomic E-state index is 0.104. The number of sulfonamides is 1. The average Bonchev–Trinajstić information content (AvgIpc) is 2.74. The Balaban J connectivity index is 1.63. The molecule has 0 bridgehead atoms. The predicted octanol–water partition coefficient (Wildman–Crippen LogP) is 3.15. The molecular weight excluding hydrogens is 409 g/mol. The van der Waals surface area contributed by atoms with Crippen LogP contribution in [0.2, 0.25) is 0 Å². The number of amides is 1. The van der Waals surface area contributed by atoms with Crippen LogP contribution in [-0.4, -0.2) is 38.8 Å². The van der Waals surface area contributed by atoms with Gasteiger partial charge in [0.1, 0.15) is 5.75 Å². The quantitative estimate of drug-likeness (QED) is 0.743. The van der Waals surface area contributed by atoms with E-state index in [0.717, 1.165) is 12.1 Å². The Hall–Kier alpha value is -2.59. The van der Waals surface area contributed by atoms with E-state index in [1.807, 2.05) is 0 Å². The van der Waals surface area contributed by atoms with Crippen LogP contribution in [0.5, 0.6) is 5.75 Å². The number of anilines is 1. The molecule has 0 unspecified atom stereocenters. The number of nitrogens with zero attached hydrogens (tertiary/aromatic N) is 1. The molecule has 0 aromatic heterocycles. The number of nitrogens with one attached hydrogen (secondary N) is 1. The van der Waals surface area contributed by atoms with E-state index in [1.165, 1.54) is 23.5 Å². The monoisotopic (exact) mass is 428 g/mol. The van der Waals surface area contributed by atoms with E-state index in [2.05, 4.69) is 5.32 Å². The highest BCUT2D eigenvalue weighted by Crippen LogP contribution is 2.27. The molecule has 1 heterocycles. The number of benzene rings is 2. The van der Waals surface area contributed by atoms with Crippen molar-refractivity contribution in [1.82, 2.24) is 4.31 Å². The lowest BCUT2D eigenvalue weighted by atomic mass is 9.97. The molecule has 1 amide bonds. The number of rotatable bonds is 5. The van der Waals surface area contributed by atoms with Crippen molar-refractivity contribution in [1.29, 1.82) is 0 Å². The third-order valence-electron chi connectivity index (χ3n) is 4.81. The molecule has 0 spiro atoms. The first-order valence-electron chi connectivity index (χ1n) is 8.82. The number of halogens is 3. The van der Waals surface area contributed by atoms with E-state index in [4.69, 9.17) is 4.74 Å². The van der Waals surface area contributed by atoms with Gasteiger partial charge in [-0.1, -0.05) is 0 Å². The highest BCUT2D eigenvalue weighted by atomic mass is 32.2. The van der Waals surface area contributed by atoms with Gasteiger partial charge in [-0.15, -0.1) is 0 Å². The van der Waals surface area contributed by atoms with Crippen molar-refractivity contribution in [2.24, 2.45) is 5.92 Å². The van der Waals surface area contributed by atoms with Crippen molar-refractivity contribution in [2.75, 3.05) is 25.5 Å². The lowest BCUT2D eigenvalue weighted by Crippen LogP contribution is -2.41. The van der Waals surface area contributed by atoms with Crippen molar-refractivity contribution >= 4 is 21.6 Å². The van der Waals surface area contributed by atoms with Crippen LogP contribution in [0.25, 0.3) is 0 Å². The standard InChI is InChI=1S/C19H19F3N2O4S/c1-28-13-2-4-14(5-3-13)29(26,27)24-10-8-12(9-11-24)19(25)23-16-7-6-15(20)17(21)18(16)22/h2-7,12H,8-11H2,1H3,(H,23,25). The molecule has 1 aliphatic heterocycles. The second kappa shape index (κ2) is 8.42. The van der Waals surface area contributed by atoms with Crippen LogP contribution in [0, 0.1) is 23.4 Å². The van der Waals surface area contributed by atoms with Gasteiger partial charge in [0.2, 0.25) is 15.9 Å². The molecule has 1 aliphatic rings. The molecule has 0 saturated carbocycles. The normalized spacial score (nSPS) is 15.9. The van der Waals surface area contributed by atoms with Crippen LogP contribution in [0.4, 0.5) is 18.9 Å². The Morgan fingerprint density at radius 3 is 2.24 bits per heavy atom. The highest BCUT2D eigenvalue weighted by Gasteiger charge is 2.32. The number of piperidine rings is 1. The number of ether oxygens (including phenoxy) is 1. The molecule has 3 rings (SSSR count). The topological polar surface area (TPSA) is 75.7 Å². The molecule has 10 heteroatoms. The van der Waals surface area contributed by atoms with Gasteiger partial charge in [-0.2, -0.15) is 4.31 Å². The first-order valence-corrected chi connectivity index (χ1v) is 10.3. The number of hydrogen-bond donors (Lipinski definition) is 1. The van der Waals surface area contributed by atoms with Crippen molar-refractivity contribution in [3.8, 4) is 5.75 Å². The summed E-state index contributed by atoms with van der Waals surface area (Å²) in [6, 6.07) is 7.64. The van der Waals surface area contributed by atoms with Gasteiger partial charge < -0.3 is 10.1 Å².